The number of halogens is 2. The molecule has 2 atom stereocenters. The molecule has 0 aliphatic carbocycles. The molecule has 1 aliphatic rings. The molecule has 2 unspecified atom stereocenters. The monoisotopic (exact) mass is 300 g/mol. The average molecular weight is 301 g/mol. The van der Waals surface area contributed by atoms with Crippen LogP contribution in [-0.4, -0.2) is 24.0 Å². The first-order chi connectivity index (χ1) is 8.13. The lowest BCUT2D eigenvalue weighted by atomic mass is 9.91. The number of hydrogen-bond acceptors (Lipinski definition) is 2. The lowest BCUT2D eigenvalue weighted by molar-refractivity contribution is 0.135. The Labute approximate surface area is 110 Å². The van der Waals surface area contributed by atoms with Gasteiger partial charge in [-0.25, -0.2) is 4.39 Å². The van der Waals surface area contributed by atoms with Gasteiger partial charge in [0.15, 0.2) is 0 Å². The summed E-state index contributed by atoms with van der Waals surface area (Å²) in [5.41, 5.74) is 7.18. The zero-order valence-electron chi connectivity index (χ0n) is 10.00. The van der Waals surface area contributed by atoms with E-state index < -0.39 is 0 Å². The van der Waals surface area contributed by atoms with Crippen molar-refractivity contribution in [3.63, 3.8) is 0 Å². The molecule has 1 aliphatic heterocycles. The van der Waals surface area contributed by atoms with Crippen molar-refractivity contribution in [2.24, 2.45) is 5.73 Å². The van der Waals surface area contributed by atoms with Gasteiger partial charge in [-0.3, -0.25) is 4.90 Å². The predicted octanol–water partition coefficient (Wildman–Crippen LogP) is 3.07. The summed E-state index contributed by atoms with van der Waals surface area (Å²) in [4.78, 5) is 2.33. The molecule has 0 radical (unpaired) electrons. The zero-order chi connectivity index (χ0) is 12.4. The second-order valence-corrected chi connectivity index (χ2v) is 5.41. The maximum absolute atomic E-state index is 13.6. The van der Waals surface area contributed by atoms with Gasteiger partial charge in [-0.05, 0) is 59.6 Å². The highest BCUT2D eigenvalue weighted by atomic mass is 79.9. The van der Waals surface area contributed by atoms with Crippen LogP contribution in [-0.2, 0) is 0 Å². The van der Waals surface area contributed by atoms with Crippen LogP contribution in [0.3, 0.4) is 0 Å². The van der Waals surface area contributed by atoms with E-state index >= 15 is 0 Å². The number of likely N-dealkylation sites (N-methyl/N-ethyl adjacent to an activating group) is 1. The van der Waals surface area contributed by atoms with E-state index in [4.69, 9.17) is 5.73 Å². The molecule has 1 fully saturated rings. The van der Waals surface area contributed by atoms with Crippen LogP contribution in [0, 0.1) is 5.82 Å². The summed E-state index contributed by atoms with van der Waals surface area (Å²) in [5, 5.41) is 0. The maximum Gasteiger partial charge on any atom is 0.137 e. The number of likely N-dealkylation sites (tertiary alicyclic amines) is 1. The number of hydrogen-bond donors (Lipinski definition) is 1. The van der Waals surface area contributed by atoms with Crippen molar-refractivity contribution >= 4 is 15.9 Å². The third kappa shape index (κ3) is 2.69. The summed E-state index contributed by atoms with van der Waals surface area (Å²) in [6.07, 6.45) is 2.14. The Morgan fingerprint density at radius 1 is 1.53 bits per heavy atom. The number of piperidine rings is 1. The molecule has 17 heavy (non-hydrogen) atoms. The van der Waals surface area contributed by atoms with E-state index in [1.807, 2.05) is 6.07 Å². The van der Waals surface area contributed by atoms with Crippen molar-refractivity contribution in [2.45, 2.75) is 31.8 Å². The van der Waals surface area contributed by atoms with E-state index in [0.717, 1.165) is 31.5 Å². The van der Waals surface area contributed by atoms with Crippen molar-refractivity contribution in [3.05, 3.63) is 34.1 Å². The topological polar surface area (TPSA) is 29.3 Å². The van der Waals surface area contributed by atoms with E-state index in [-0.39, 0.29) is 17.9 Å². The molecule has 4 heteroatoms. The normalized spacial score (nSPS) is 26.1. The third-order valence-electron chi connectivity index (χ3n) is 3.47. The van der Waals surface area contributed by atoms with Crippen LogP contribution in [0.25, 0.3) is 0 Å². The molecule has 2 N–H and O–H groups in total. The first kappa shape index (κ1) is 13.0. The largest absolute Gasteiger partial charge is 0.326 e. The SMILES string of the molecule is CCN1CCCC(N)C1c1ccc(Br)c(F)c1. The minimum absolute atomic E-state index is 0.101. The van der Waals surface area contributed by atoms with Crippen LogP contribution < -0.4 is 5.73 Å². The van der Waals surface area contributed by atoms with Gasteiger partial charge < -0.3 is 5.73 Å². The Morgan fingerprint density at radius 2 is 2.29 bits per heavy atom. The third-order valence-corrected chi connectivity index (χ3v) is 4.12. The minimum atomic E-state index is -0.212. The quantitative estimate of drug-likeness (QED) is 0.909. The van der Waals surface area contributed by atoms with Crippen molar-refractivity contribution in [2.75, 3.05) is 13.1 Å². The van der Waals surface area contributed by atoms with Crippen LogP contribution in [0.5, 0.6) is 0 Å². The molecular weight excluding hydrogens is 283 g/mol. The molecular formula is C13H18BrFN2. The van der Waals surface area contributed by atoms with Gasteiger partial charge in [0.05, 0.1) is 4.47 Å². The Morgan fingerprint density at radius 3 is 2.94 bits per heavy atom. The molecule has 0 aromatic heterocycles. The molecule has 2 rings (SSSR count). The molecule has 94 valence electrons. The van der Waals surface area contributed by atoms with Gasteiger partial charge in [0.2, 0.25) is 0 Å². The highest BCUT2D eigenvalue weighted by molar-refractivity contribution is 9.10. The molecule has 0 saturated carbocycles. The minimum Gasteiger partial charge on any atom is -0.326 e. The van der Waals surface area contributed by atoms with Crippen LogP contribution in [0.4, 0.5) is 4.39 Å². The molecule has 1 saturated heterocycles. The molecule has 0 spiro atoms. The first-order valence-corrected chi connectivity index (χ1v) is 6.87. The summed E-state index contributed by atoms with van der Waals surface area (Å²) in [6.45, 7) is 4.13. The lowest BCUT2D eigenvalue weighted by Crippen LogP contribution is -2.45. The number of rotatable bonds is 2. The molecule has 1 heterocycles. The second-order valence-electron chi connectivity index (χ2n) is 4.55. The molecule has 2 nitrogen and oxygen atoms in total. The van der Waals surface area contributed by atoms with Gasteiger partial charge in [-0.15, -0.1) is 0 Å². The number of benzene rings is 1. The molecule has 0 bridgehead atoms. The maximum atomic E-state index is 13.6. The van der Waals surface area contributed by atoms with Crippen molar-refractivity contribution in [1.29, 1.82) is 0 Å². The van der Waals surface area contributed by atoms with Gasteiger partial charge >= 0.3 is 0 Å². The summed E-state index contributed by atoms with van der Waals surface area (Å²) < 4.78 is 14.1. The van der Waals surface area contributed by atoms with E-state index in [1.54, 1.807) is 12.1 Å². The van der Waals surface area contributed by atoms with Gasteiger partial charge in [-0.2, -0.15) is 0 Å². The first-order valence-electron chi connectivity index (χ1n) is 6.08. The number of nitrogens with zero attached hydrogens (tertiary/aromatic N) is 1. The fourth-order valence-corrected chi connectivity index (χ4v) is 2.85. The molecule has 0 amide bonds. The predicted molar refractivity (Wildman–Crippen MR) is 71.3 cm³/mol. The van der Waals surface area contributed by atoms with Crippen molar-refractivity contribution in [3.8, 4) is 0 Å². The van der Waals surface area contributed by atoms with Crippen LogP contribution >= 0.6 is 15.9 Å². The van der Waals surface area contributed by atoms with Crippen molar-refractivity contribution in [1.82, 2.24) is 4.90 Å². The highest BCUT2D eigenvalue weighted by Gasteiger charge is 2.29. The van der Waals surface area contributed by atoms with E-state index in [0.29, 0.717) is 4.47 Å². The summed E-state index contributed by atoms with van der Waals surface area (Å²) in [6, 6.07) is 5.58. The van der Waals surface area contributed by atoms with Crippen LogP contribution in [0.1, 0.15) is 31.4 Å². The Bertz CT molecular complexity index is 397. The molecule has 1 aromatic carbocycles. The van der Waals surface area contributed by atoms with E-state index in [9.17, 15) is 4.39 Å². The lowest BCUT2D eigenvalue weighted by Gasteiger charge is -2.39. The van der Waals surface area contributed by atoms with Gasteiger partial charge in [0, 0.05) is 12.1 Å². The zero-order valence-corrected chi connectivity index (χ0v) is 11.6. The Kier molecular flexibility index (Phi) is 4.17. The van der Waals surface area contributed by atoms with Gasteiger partial charge in [0.1, 0.15) is 5.82 Å². The van der Waals surface area contributed by atoms with Crippen LogP contribution in [0.15, 0.2) is 22.7 Å². The standard InChI is InChI=1S/C13H18BrFN2/c1-2-17-7-3-4-12(16)13(17)9-5-6-10(14)11(15)8-9/h5-6,8,12-13H,2-4,7,16H2,1H3. The van der Waals surface area contributed by atoms with E-state index in [1.165, 1.54) is 0 Å². The second kappa shape index (κ2) is 5.46. The fourth-order valence-electron chi connectivity index (χ4n) is 2.61. The Balaban J connectivity index is 2.31. The van der Waals surface area contributed by atoms with E-state index in [2.05, 4.69) is 27.8 Å². The summed E-state index contributed by atoms with van der Waals surface area (Å²) >= 11 is 3.18. The fraction of sp³-hybridized carbons (Fsp3) is 0.538. The summed E-state index contributed by atoms with van der Waals surface area (Å²) in [7, 11) is 0. The summed E-state index contributed by atoms with van der Waals surface area (Å²) in [5.74, 6) is -0.212. The smallest absolute Gasteiger partial charge is 0.137 e. The Hall–Kier alpha value is -0.450. The van der Waals surface area contributed by atoms with Gasteiger partial charge in [0.25, 0.3) is 0 Å². The van der Waals surface area contributed by atoms with Gasteiger partial charge in [-0.1, -0.05) is 13.0 Å². The molecule has 1 aromatic rings. The van der Waals surface area contributed by atoms with Crippen LogP contribution in [0.2, 0.25) is 0 Å². The highest BCUT2D eigenvalue weighted by Crippen LogP contribution is 2.31. The number of nitrogens with two attached hydrogens (primary N) is 1. The average Bonchev–Trinajstić information content (AvgIpc) is 2.32. The van der Waals surface area contributed by atoms with Crippen molar-refractivity contribution < 1.29 is 4.39 Å².